The molecule has 5 nitrogen and oxygen atoms in total. The predicted octanol–water partition coefficient (Wildman–Crippen LogP) is -0.269. The van der Waals surface area contributed by atoms with E-state index in [4.69, 9.17) is 9.47 Å². The van der Waals surface area contributed by atoms with Crippen LogP contribution in [0.15, 0.2) is 0 Å². The number of amides is 2. The first-order valence-electron chi connectivity index (χ1n) is 4.04. The van der Waals surface area contributed by atoms with Crippen LogP contribution in [0.3, 0.4) is 0 Å². The molecule has 2 aliphatic rings. The third-order valence-corrected chi connectivity index (χ3v) is 2.18. The minimum absolute atomic E-state index is 0.0912. The van der Waals surface area contributed by atoms with E-state index in [0.29, 0.717) is 6.61 Å². The number of hydrogen-bond acceptors (Lipinski definition) is 3. The molecule has 2 aliphatic heterocycles. The lowest BCUT2D eigenvalue weighted by atomic mass is 10.3. The molecular weight excluding hydrogens is 160 g/mol. The third-order valence-electron chi connectivity index (χ3n) is 2.18. The molecular formula is C7H12N2O3. The van der Waals surface area contributed by atoms with Gasteiger partial charge in [-0.1, -0.05) is 0 Å². The van der Waals surface area contributed by atoms with Crippen LogP contribution in [0.4, 0.5) is 4.79 Å². The number of rotatable bonds is 1. The Labute approximate surface area is 70.6 Å². The Balaban J connectivity index is 2.10. The van der Waals surface area contributed by atoms with Crippen molar-refractivity contribution in [1.29, 1.82) is 0 Å². The average Bonchev–Trinajstić information content (AvgIpc) is 2.44. The Kier molecular flexibility index (Phi) is 1.90. The zero-order chi connectivity index (χ0) is 8.55. The molecule has 68 valence electrons. The van der Waals surface area contributed by atoms with Gasteiger partial charge in [-0.3, -0.25) is 4.90 Å². The van der Waals surface area contributed by atoms with Crippen molar-refractivity contribution in [2.75, 3.05) is 20.3 Å². The van der Waals surface area contributed by atoms with Gasteiger partial charge in [0.15, 0.2) is 12.5 Å². The topological polar surface area (TPSA) is 50.8 Å². The quantitative estimate of drug-likeness (QED) is 0.592. The summed E-state index contributed by atoms with van der Waals surface area (Å²) < 4.78 is 10.4. The van der Waals surface area contributed by atoms with E-state index < -0.39 is 0 Å². The Morgan fingerprint density at radius 2 is 2.58 bits per heavy atom. The van der Waals surface area contributed by atoms with E-state index >= 15 is 0 Å². The molecule has 0 aromatic carbocycles. The van der Waals surface area contributed by atoms with Gasteiger partial charge in [0.2, 0.25) is 0 Å². The summed E-state index contributed by atoms with van der Waals surface area (Å²) in [5, 5.41) is 2.69. The molecule has 0 aliphatic carbocycles. The predicted molar refractivity (Wildman–Crippen MR) is 40.4 cm³/mol. The van der Waals surface area contributed by atoms with Gasteiger partial charge in [-0.05, 0) is 6.42 Å². The van der Waals surface area contributed by atoms with Crippen LogP contribution in [0.25, 0.3) is 0 Å². The van der Waals surface area contributed by atoms with Crippen LogP contribution in [0.5, 0.6) is 0 Å². The maximum atomic E-state index is 11.2. The Hall–Kier alpha value is -0.810. The molecule has 1 N–H and O–H groups in total. The fourth-order valence-corrected chi connectivity index (χ4v) is 1.58. The van der Waals surface area contributed by atoms with Gasteiger partial charge in [0.05, 0.1) is 6.61 Å². The van der Waals surface area contributed by atoms with Crippen LogP contribution in [-0.4, -0.2) is 43.6 Å². The second-order valence-electron chi connectivity index (χ2n) is 2.91. The van der Waals surface area contributed by atoms with Crippen molar-refractivity contribution in [2.24, 2.45) is 0 Å². The average molecular weight is 172 g/mol. The zero-order valence-corrected chi connectivity index (χ0v) is 6.95. The molecule has 2 fully saturated rings. The first-order valence-corrected chi connectivity index (χ1v) is 4.04. The molecule has 0 radical (unpaired) electrons. The molecule has 12 heavy (non-hydrogen) atoms. The monoisotopic (exact) mass is 172 g/mol. The van der Waals surface area contributed by atoms with Crippen LogP contribution < -0.4 is 5.32 Å². The van der Waals surface area contributed by atoms with Gasteiger partial charge in [-0.2, -0.15) is 0 Å². The van der Waals surface area contributed by atoms with E-state index in [1.807, 2.05) is 0 Å². The summed E-state index contributed by atoms with van der Waals surface area (Å²) >= 11 is 0. The zero-order valence-electron chi connectivity index (χ0n) is 6.95. The number of methoxy groups -OCH3 is 1. The number of fused-ring (bicyclic) bond motifs is 1. The third kappa shape index (κ3) is 1.05. The summed E-state index contributed by atoms with van der Waals surface area (Å²) in [7, 11) is 1.56. The largest absolute Gasteiger partial charge is 0.357 e. The number of nitrogens with one attached hydrogen (secondary N) is 1. The lowest BCUT2D eigenvalue weighted by Crippen LogP contribution is -2.44. The lowest BCUT2D eigenvalue weighted by molar-refractivity contribution is -0.120. The number of urea groups is 1. The Morgan fingerprint density at radius 1 is 1.75 bits per heavy atom. The highest BCUT2D eigenvalue weighted by atomic mass is 16.6. The van der Waals surface area contributed by atoms with Gasteiger partial charge < -0.3 is 14.8 Å². The van der Waals surface area contributed by atoms with Gasteiger partial charge >= 0.3 is 6.03 Å². The van der Waals surface area contributed by atoms with Crippen LogP contribution >= 0.6 is 0 Å². The van der Waals surface area contributed by atoms with Crippen molar-refractivity contribution in [3.8, 4) is 0 Å². The van der Waals surface area contributed by atoms with Crippen molar-refractivity contribution in [3.63, 3.8) is 0 Å². The fourth-order valence-electron chi connectivity index (χ4n) is 1.58. The van der Waals surface area contributed by atoms with E-state index in [1.165, 1.54) is 0 Å². The smallest absolute Gasteiger partial charge is 0.321 e. The molecule has 0 aromatic rings. The van der Waals surface area contributed by atoms with E-state index in [0.717, 1.165) is 13.0 Å². The lowest BCUT2D eigenvalue weighted by Gasteiger charge is -2.29. The molecule has 0 saturated carbocycles. The summed E-state index contributed by atoms with van der Waals surface area (Å²) in [6, 6.07) is -0.0912. The number of carbonyl (C=O) groups is 1. The number of carbonyl (C=O) groups excluding carboxylic acids is 1. The molecule has 2 amide bonds. The summed E-state index contributed by atoms with van der Waals surface area (Å²) in [6.07, 6.45) is 0.370. The number of hydrogen-bond donors (Lipinski definition) is 1. The van der Waals surface area contributed by atoms with Crippen molar-refractivity contribution in [1.82, 2.24) is 10.2 Å². The fraction of sp³-hybridized carbons (Fsp3) is 0.857. The summed E-state index contributed by atoms with van der Waals surface area (Å²) in [4.78, 5) is 12.9. The van der Waals surface area contributed by atoms with Crippen molar-refractivity contribution in [3.05, 3.63) is 0 Å². The standard InChI is InChI=1S/C7H12N2O3/c1-11-5-6-9(7(10)8-5)3-2-4-12-6/h5-6H,2-4H2,1H3,(H,8,10)/t5-,6-/m1/s1. The van der Waals surface area contributed by atoms with Crippen molar-refractivity contribution < 1.29 is 14.3 Å². The SMILES string of the molecule is CO[C@H]1NC(=O)N2CCCO[C@H]12. The van der Waals surface area contributed by atoms with E-state index in [1.54, 1.807) is 12.0 Å². The second kappa shape index (κ2) is 2.91. The maximum absolute atomic E-state index is 11.2. The first-order chi connectivity index (χ1) is 5.83. The second-order valence-corrected chi connectivity index (χ2v) is 2.91. The first kappa shape index (κ1) is 7.82. The van der Waals surface area contributed by atoms with Crippen molar-refractivity contribution in [2.45, 2.75) is 18.9 Å². The normalized spacial score (nSPS) is 34.8. The molecule has 2 rings (SSSR count). The molecule has 0 aromatic heterocycles. The van der Waals surface area contributed by atoms with Gasteiger partial charge in [0, 0.05) is 13.7 Å². The molecule has 5 heteroatoms. The van der Waals surface area contributed by atoms with Gasteiger partial charge in [-0.25, -0.2) is 4.79 Å². The van der Waals surface area contributed by atoms with E-state index in [9.17, 15) is 4.79 Å². The van der Waals surface area contributed by atoms with Gasteiger partial charge in [0.1, 0.15) is 0 Å². The number of ether oxygens (including phenoxy) is 2. The van der Waals surface area contributed by atoms with Crippen LogP contribution in [0.1, 0.15) is 6.42 Å². The molecule has 0 unspecified atom stereocenters. The summed E-state index contributed by atoms with van der Waals surface area (Å²) in [5.41, 5.74) is 0. The molecule has 0 spiro atoms. The van der Waals surface area contributed by atoms with Crippen LogP contribution in [-0.2, 0) is 9.47 Å². The minimum atomic E-state index is -0.308. The number of nitrogens with zero attached hydrogens (tertiary/aromatic N) is 1. The highest BCUT2D eigenvalue weighted by molar-refractivity contribution is 5.77. The van der Waals surface area contributed by atoms with E-state index in [-0.39, 0.29) is 18.5 Å². The molecule has 2 atom stereocenters. The highest BCUT2D eigenvalue weighted by Crippen LogP contribution is 2.19. The van der Waals surface area contributed by atoms with E-state index in [2.05, 4.69) is 5.32 Å². The minimum Gasteiger partial charge on any atom is -0.357 e. The van der Waals surface area contributed by atoms with Crippen LogP contribution in [0.2, 0.25) is 0 Å². The highest BCUT2D eigenvalue weighted by Gasteiger charge is 2.41. The van der Waals surface area contributed by atoms with Crippen molar-refractivity contribution >= 4 is 6.03 Å². The van der Waals surface area contributed by atoms with Gasteiger partial charge in [-0.15, -0.1) is 0 Å². The Bertz CT molecular complexity index is 197. The molecule has 2 heterocycles. The molecule has 2 saturated heterocycles. The molecule has 0 bridgehead atoms. The Morgan fingerprint density at radius 3 is 3.33 bits per heavy atom. The van der Waals surface area contributed by atoms with Crippen LogP contribution in [0, 0.1) is 0 Å². The summed E-state index contributed by atoms with van der Waals surface area (Å²) in [6.45, 7) is 1.46. The summed E-state index contributed by atoms with van der Waals surface area (Å²) in [5.74, 6) is 0. The maximum Gasteiger partial charge on any atom is 0.321 e. The van der Waals surface area contributed by atoms with Gasteiger partial charge in [0.25, 0.3) is 0 Å².